The lowest BCUT2D eigenvalue weighted by Crippen LogP contribution is -2.46. The number of carboxylic acids is 1. The molecule has 8 rings (SSSR count). The van der Waals surface area contributed by atoms with Gasteiger partial charge in [-0.1, -0.05) is 23.2 Å². The molecular formula is C48H56Br2Cl3F3N8O6S2. The minimum absolute atomic E-state index is 0. The van der Waals surface area contributed by atoms with Gasteiger partial charge in [-0.2, -0.15) is 13.2 Å². The molecule has 0 spiro atoms. The van der Waals surface area contributed by atoms with E-state index in [2.05, 4.69) is 63.8 Å². The van der Waals surface area contributed by atoms with Crippen LogP contribution in [0.3, 0.4) is 0 Å². The van der Waals surface area contributed by atoms with Crippen molar-refractivity contribution in [1.82, 2.24) is 35.1 Å². The van der Waals surface area contributed by atoms with E-state index in [0.29, 0.717) is 24.9 Å². The van der Waals surface area contributed by atoms with Crippen LogP contribution in [-0.2, 0) is 64.0 Å². The first-order chi connectivity index (χ1) is 33.5. The average molecular weight is 1230 g/mol. The molecule has 2 aliphatic carbocycles. The summed E-state index contributed by atoms with van der Waals surface area (Å²) in [6, 6.07) is 11.1. The number of aldehydes is 1. The molecule has 24 heteroatoms. The Balaban J connectivity index is 0.000000237. The van der Waals surface area contributed by atoms with Crippen LogP contribution in [0.5, 0.6) is 0 Å². The molecular weight excluding hydrogens is 1170 g/mol. The third kappa shape index (κ3) is 18.4. The van der Waals surface area contributed by atoms with E-state index in [4.69, 9.17) is 38.8 Å². The number of nitrogens with two attached hydrogens (primary N) is 1. The molecule has 72 heavy (non-hydrogen) atoms. The Hall–Kier alpha value is -4.09. The molecule has 0 bridgehead atoms. The molecule has 0 aliphatic heterocycles. The van der Waals surface area contributed by atoms with Crippen molar-refractivity contribution in [2.45, 2.75) is 96.6 Å². The van der Waals surface area contributed by atoms with Gasteiger partial charge in [-0.3, -0.25) is 24.0 Å². The molecule has 6 aromatic rings. The predicted molar refractivity (Wildman–Crippen MR) is 287 cm³/mol. The van der Waals surface area contributed by atoms with Crippen LogP contribution in [0.1, 0.15) is 73.3 Å². The minimum atomic E-state index is -4.64. The van der Waals surface area contributed by atoms with Crippen LogP contribution in [0.4, 0.5) is 13.2 Å². The van der Waals surface area contributed by atoms with Gasteiger partial charge in [-0.05, 0) is 156 Å². The first kappa shape index (κ1) is 60.5. The van der Waals surface area contributed by atoms with Gasteiger partial charge in [0, 0.05) is 87.4 Å². The maximum absolute atomic E-state index is 12.7. The van der Waals surface area contributed by atoms with E-state index in [1.165, 1.54) is 9.75 Å². The third-order valence-electron chi connectivity index (χ3n) is 11.9. The van der Waals surface area contributed by atoms with Gasteiger partial charge in [0.25, 0.3) is 0 Å². The Labute approximate surface area is 456 Å². The van der Waals surface area contributed by atoms with Crippen molar-refractivity contribution in [3.8, 4) is 0 Å². The Morgan fingerprint density at radius 1 is 0.806 bits per heavy atom. The number of alkyl halides is 3. The molecule has 0 aromatic carbocycles. The SMILES string of the molecule is C[C@H](N)C(=O)NCc1cnc2c(ccn2C)c1.C[C@H](NC(=O)C1CC[C@@H](Cc2cc(Br)c(Cl)s2)C1)C(=O)NCc1cnc2c(ccn2C)c1.Cl.O=C(O)C1CC[C@@H](Cc2cc(Br)c(Cl)s2)C1.O=CC(F)(F)F. The van der Waals surface area contributed by atoms with Crippen molar-refractivity contribution in [1.29, 1.82) is 0 Å². The number of carbonyl (C=O) groups excluding carboxylic acids is 4. The van der Waals surface area contributed by atoms with Gasteiger partial charge >= 0.3 is 12.1 Å². The Morgan fingerprint density at radius 3 is 1.62 bits per heavy atom. The fourth-order valence-corrected chi connectivity index (χ4v) is 12.0. The smallest absolute Gasteiger partial charge is 0.446 e. The molecule has 14 nitrogen and oxygen atoms in total. The van der Waals surface area contributed by atoms with E-state index < -0.39 is 30.5 Å². The highest BCUT2D eigenvalue weighted by atomic mass is 79.9. The van der Waals surface area contributed by atoms with E-state index in [0.717, 1.165) is 102 Å². The van der Waals surface area contributed by atoms with Crippen LogP contribution < -0.4 is 21.7 Å². The lowest BCUT2D eigenvalue weighted by atomic mass is 10.0. The normalized spacial score (nSPS) is 18.0. The number of nitrogens with one attached hydrogen (secondary N) is 3. The Bertz CT molecular complexity index is 2770. The molecule has 2 fully saturated rings. The standard InChI is InChI=1S/C23H26BrClN4O2S.C12H16N4O.C11H12BrClO2S.C2HF3O.ClH/c1-13(22(30)27-12-15-8-16-5-6-29(2)21(16)26-11-15)28-23(31)17-4-3-14(7-17)9-18-10-19(24)20(25)32-18;1-8(13)12(17)15-7-9-5-10-3-4-16(2)11(10)14-6-9;12-9-5-8(16-10(9)13)4-6-1-2-7(3-6)11(14)15;3-2(4,5)1-6;/h5-6,8,10-11,13-14,17H,3-4,7,9,12H2,1-2H3,(H,27,30)(H,28,31);3-6,8H,7,13H2,1-2H3,(H,15,17);5-7H,1-4H2,(H,14,15);1H;1H/t13-,14+,17?;8-;6-,7?;;/m001../s1. The van der Waals surface area contributed by atoms with Gasteiger partial charge in [0.05, 0.1) is 12.0 Å². The highest BCUT2D eigenvalue weighted by molar-refractivity contribution is 9.11. The highest BCUT2D eigenvalue weighted by Crippen LogP contribution is 2.39. The first-order valence-electron chi connectivity index (χ1n) is 22.5. The number of carboxylic acid groups (broad SMARTS) is 1. The predicted octanol–water partition coefficient (Wildman–Crippen LogP) is 10.7. The summed E-state index contributed by atoms with van der Waals surface area (Å²) in [7, 11) is 3.90. The van der Waals surface area contributed by atoms with E-state index >= 15 is 0 Å². The van der Waals surface area contributed by atoms with Crippen molar-refractivity contribution in [2.75, 3.05) is 0 Å². The molecule has 0 radical (unpaired) electrons. The maximum atomic E-state index is 12.7. The summed E-state index contributed by atoms with van der Waals surface area (Å²) in [6.07, 6.45) is 9.01. The summed E-state index contributed by atoms with van der Waals surface area (Å²) >= 11 is 22.1. The number of carbonyl (C=O) groups is 5. The van der Waals surface area contributed by atoms with Gasteiger partial charge in [0.15, 0.2) is 0 Å². The lowest BCUT2D eigenvalue weighted by molar-refractivity contribution is -0.156. The molecule has 392 valence electrons. The maximum Gasteiger partial charge on any atom is 0.446 e. The highest BCUT2D eigenvalue weighted by Gasteiger charge is 2.32. The number of thiophene rings is 2. The molecule has 2 unspecified atom stereocenters. The van der Waals surface area contributed by atoms with E-state index in [1.807, 2.05) is 66.0 Å². The monoisotopic (exact) mass is 1220 g/mol. The van der Waals surface area contributed by atoms with Crippen molar-refractivity contribution in [3.63, 3.8) is 0 Å². The van der Waals surface area contributed by atoms with Gasteiger partial charge < -0.3 is 35.9 Å². The van der Waals surface area contributed by atoms with Crippen LogP contribution in [0.2, 0.25) is 8.67 Å². The van der Waals surface area contributed by atoms with E-state index in [-0.39, 0.29) is 42.0 Å². The zero-order valence-corrected chi connectivity index (χ0v) is 46.7. The van der Waals surface area contributed by atoms with Crippen LogP contribution >= 0.6 is 90.1 Å². The van der Waals surface area contributed by atoms with Crippen LogP contribution in [-0.4, -0.2) is 72.4 Å². The van der Waals surface area contributed by atoms with Crippen LogP contribution in [0.25, 0.3) is 22.1 Å². The van der Waals surface area contributed by atoms with Crippen LogP contribution in [0, 0.1) is 23.7 Å². The summed E-state index contributed by atoms with van der Waals surface area (Å²) in [5.41, 5.74) is 9.20. The second kappa shape index (κ2) is 28.0. The minimum Gasteiger partial charge on any atom is -0.481 e. The fourth-order valence-electron chi connectivity index (χ4n) is 8.22. The molecule has 6 heterocycles. The van der Waals surface area contributed by atoms with Crippen molar-refractivity contribution >= 4 is 142 Å². The third-order valence-corrected chi connectivity index (χ3v) is 16.9. The summed E-state index contributed by atoms with van der Waals surface area (Å²) in [5.74, 6) is -0.236. The van der Waals surface area contributed by atoms with Gasteiger partial charge in [-0.15, -0.1) is 35.1 Å². The topological polar surface area (TPSA) is 203 Å². The number of halogens is 8. The molecule has 6 N–H and O–H groups in total. The quantitative estimate of drug-likeness (QED) is 0.0697. The number of nitrogens with zero attached hydrogens (tertiary/aromatic N) is 4. The lowest BCUT2D eigenvalue weighted by Gasteiger charge is -2.17. The number of pyridine rings is 2. The number of aliphatic carboxylic acids is 1. The number of rotatable bonds is 13. The molecule has 0 saturated heterocycles. The van der Waals surface area contributed by atoms with E-state index in [1.54, 1.807) is 48.9 Å². The van der Waals surface area contributed by atoms with Crippen LogP contribution in [0.15, 0.2) is 70.1 Å². The Kier molecular flexibility index (Phi) is 23.5. The van der Waals surface area contributed by atoms with Crippen molar-refractivity contribution < 1.29 is 42.3 Å². The van der Waals surface area contributed by atoms with Crippen molar-refractivity contribution in [2.24, 2.45) is 43.5 Å². The zero-order chi connectivity index (χ0) is 52.2. The summed E-state index contributed by atoms with van der Waals surface area (Å²) in [5, 5.41) is 19.6. The largest absolute Gasteiger partial charge is 0.481 e. The second-order valence-electron chi connectivity index (χ2n) is 17.6. The molecule has 6 atom stereocenters. The number of hydrogen-bond acceptors (Lipinski definition) is 10. The molecule has 2 aliphatic rings. The molecule has 2 saturated carbocycles. The van der Waals surface area contributed by atoms with E-state index in [9.17, 15) is 32.3 Å². The van der Waals surface area contributed by atoms with Gasteiger partial charge in [-0.25, -0.2) is 9.97 Å². The number of fused-ring (bicyclic) bond motifs is 2. The number of amides is 3. The number of aromatic nitrogens is 4. The molecule has 6 aromatic heterocycles. The first-order valence-corrected chi connectivity index (χ1v) is 26.5. The molecule has 3 amide bonds. The van der Waals surface area contributed by atoms with Gasteiger partial charge in [0.2, 0.25) is 24.0 Å². The Morgan fingerprint density at radius 2 is 1.24 bits per heavy atom. The average Bonchev–Trinajstić information content (AvgIpc) is 4.21. The van der Waals surface area contributed by atoms with Crippen molar-refractivity contribution in [3.05, 3.63) is 99.7 Å². The summed E-state index contributed by atoms with van der Waals surface area (Å²) in [4.78, 5) is 67.3. The summed E-state index contributed by atoms with van der Waals surface area (Å²) in [6.45, 7) is 4.22. The van der Waals surface area contributed by atoms with Gasteiger partial charge in [0.1, 0.15) is 26.0 Å². The number of aryl methyl sites for hydroxylation is 2. The number of hydrogen-bond donors (Lipinski definition) is 5. The zero-order valence-electron chi connectivity index (χ0n) is 39.6. The second-order valence-corrected chi connectivity index (χ2v) is 22.8. The fraction of sp³-hybridized carbons (Fsp3) is 0.438. The summed E-state index contributed by atoms with van der Waals surface area (Å²) < 4.78 is 38.6.